The zero-order valence-electron chi connectivity index (χ0n) is 16.6. The molecule has 0 radical (unpaired) electrons. The van der Waals surface area contributed by atoms with Crippen molar-refractivity contribution in [1.29, 1.82) is 0 Å². The average molecular weight is 395 g/mol. The Morgan fingerprint density at radius 3 is 2.86 bits per heavy atom. The molecule has 3 aromatic rings. The lowest BCUT2D eigenvalue weighted by Gasteiger charge is -2.28. The summed E-state index contributed by atoms with van der Waals surface area (Å²) in [5.74, 6) is 0.526. The van der Waals surface area contributed by atoms with Crippen LogP contribution in [-0.2, 0) is 18.2 Å². The van der Waals surface area contributed by atoms with Crippen molar-refractivity contribution in [3.8, 4) is 5.75 Å². The van der Waals surface area contributed by atoms with Crippen LogP contribution >= 0.6 is 0 Å². The Morgan fingerprint density at radius 2 is 2.14 bits per heavy atom. The van der Waals surface area contributed by atoms with Crippen molar-refractivity contribution >= 4 is 16.9 Å². The van der Waals surface area contributed by atoms with Crippen LogP contribution < -0.4 is 10.1 Å². The number of hydrogen-bond acceptors (Lipinski definition) is 5. The molecule has 0 saturated carbocycles. The van der Waals surface area contributed by atoms with Crippen LogP contribution in [0.2, 0.25) is 0 Å². The summed E-state index contributed by atoms with van der Waals surface area (Å²) in [5.41, 5.74) is 3.25. The summed E-state index contributed by atoms with van der Waals surface area (Å²) in [7, 11) is 3.56. The van der Waals surface area contributed by atoms with E-state index in [1.54, 1.807) is 7.11 Å². The van der Waals surface area contributed by atoms with E-state index in [0.29, 0.717) is 25.1 Å². The third-order valence-electron chi connectivity index (χ3n) is 5.35. The fourth-order valence-corrected chi connectivity index (χ4v) is 3.66. The van der Waals surface area contributed by atoms with Gasteiger partial charge in [-0.1, -0.05) is 12.1 Å². The van der Waals surface area contributed by atoms with Crippen molar-refractivity contribution in [1.82, 2.24) is 14.9 Å². The molecule has 2 atom stereocenters. The van der Waals surface area contributed by atoms with E-state index in [0.717, 1.165) is 27.9 Å². The van der Waals surface area contributed by atoms with E-state index in [1.165, 1.54) is 0 Å². The summed E-state index contributed by atoms with van der Waals surface area (Å²) >= 11 is 0. The highest BCUT2D eigenvalue weighted by molar-refractivity contribution is 5.95. The monoisotopic (exact) mass is 395 g/mol. The zero-order valence-corrected chi connectivity index (χ0v) is 16.6. The molecule has 152 valence electrons. The van der Waals surface area contributed by atoms with Gasteiger partial charge in [-0.25, -0.2) is 4.98 Å². The van der Waals surface area contributed by atoms with E-state index < -0.39 is 6.10 Å². The first-order chi connectivity index (χ1) is 14.0. The molecular weight excluding hydrogens is 370 g/mol. The van der Waals surface area contributed by atoms with Gasteiger partial charge in [-0.2, -0.15) is 0 Å². The number of aliphatic hydroxyl groups is 1. The van der Waals surface area contributed by atoms with E-state index in [2.05, 4.69) is 10.3 Å². The number of hydrogen-bond donors (Lipinski definition) is 2. The van der Waals surface area contributed by atoms with E-state index in [9.17, 15) is 9.90 Å². The normalized spacial score (nSPS) is 19.3. The van der Waals surface area contributed by atoms with Crippen LogP contribution in [0.1, 0.15) is 28.0 Å². The lowest BCUT2D eigenvalue weighted by molar-refractivity contribution is -0.0261. The second-order valence-corrected chi connectivity index (χ2v) is 7.37. The molecule has 1 saturated heterocycles. The highest BCUT2D eigenvalue weighted by Gasteiger charge is 2.26. The first kappa shape index (κ1) is 19.4. The van der Waals surface area contributed by atoms with Crippen molar-refractivity contribution < 1.29 is 19.4 Å². The first-order valence-corrected chi connectivity index (χ1v) is 9.69. The second kappa shape index (κ2) is 8.23. The number of nitrogens with one attached hydrogen (secondary N) is 1. The van der Waals surface area contributed by atoms with Crippen LogP contribution in [-0.4, -0.2) is 53.0 Å². The molecule has 4 rings (SSSR count). The quantitative estimate of drug-likeness (QED) is 0.691. The topological polar surface area (TPSA) is 85.6 Å². The Hall–Kier alpha value is -2.90. The van der Waals surface area contributed by atoms with Crippen LogP contribution in [0.3, 0.4) is 0 Å². The van der Waals surface area contributed by atoms with Crippen molar-refractivity contribution in [2.75, 3.05) is 20.3 Å². The Kier molecular flexibility index (Phi) is 5.51. The number of amides is 1. The largest absolute Gasteiger partial charge is 0.497 e. The fraction of sp³-hybridized carbons (Fsp3) is 0.364. The number of carbonyl (C=O) groups excluding carboxylic acids is 1. The SMILES string of the molecule is COc1ccc(Cc2cc(C(=O)N[C@H]3CCOC[C@H]3O)nc3c2ccn3C)cc1. The zero-order chi connectivity index (χ0) is 20.4. The average Bonchev–Trinajstić information content (AvgIpc) is 3.11. The highest BCUT2D eigenvalue weighted by Crippen LogP contribution is 2.23. The van der Waals surface area contributed by atoms with E-state index >= 15 is 0 Å². The van der Waals surface area contributed by atoms with Crippen LogP contribution in [0.4, 0.5) is 0 Å². The molecule has 1 aliphatic heterocycles. The molecule has 2 aromatic heterocycles. The molecule has 29 heavy (non-hydrogen) atoms. The molecule has 1 amide bonds. The van der Waals surface area contributed by atoms with Gasteiger partial charge in [0.15, 0.2) is 0 Å². The summed E-state index contributed by atoms with van der Waals surface area (Å²) in [4.78, 5) is 17.4. The molecule has 1 aliphatic rings. The highest BCUT2D eigenvalue weighted by atomic mass is 16.5. The van der Waals surface area contributed by atoms with Crippen LogP contribution in [0.5, 0.6) is 5.75 Å². The standard InChI is InChI=1S/C22H25N3O4/c1-25-9-7-17-15(11-14-3-5-16(28-2)6-4-14)12-19(23-21(17)25)22(27)24-18-8-10-29-13-20(18)26/h3-7,9,12,18,20,26H,8,10-11,13H2,1-2H3,(H,24,27)/t18-,20+/m0/s1. The molecule has 7 nitrogen and oxygen atoms in total. The van der Waals surface area contributed by atoms with Gasteiger partial charge in [0.2, 0.25) is 0 Å². The van der Waals surface area contributed by atoms with Gasteiger partial charge in [-0.15, -0.1) is 0 Å². The van der Waals surface area contributed by atoms with Crippen molar-refractivity contribution in [3.63, 3.8) is 0 Å². The van der Waals surface area contributed by atoms with Crippen molar-refractivity contribution in [3.05, 3.63) is 59.4 Å². The molecule has 7 heteroatoms. The number of aliphatic hydroxyl groups excluding tert-OH is 1. The summed E-state index contributed by atoms with van der Waals surface area (Å²) in [6.45, 7) is 0.757. The summed E-state index contributed by atoms with van der Waals surface area (Å²) in [5, 5.41) is 14.0. The third-order valence-corrected chi connectivity index (χ3v) is 5.35. The van der Waals surface area contributed by atoms with Gasteiger partial charge in [-0.3, -0.25) is 4.79 Å². The number of aromatic nitrogens is 2. The van der Waals surface area contributed by atoms with E-state index in [1.807, 2.05) is 54.2 Å². The number of methoxy groups -OCH3 is 1. The molecule has 1 aromatic carbocycles. The van der Waals surface area contributed by atoms with Gasteiger partial charge in [0.25, 0.3) is 5.91 Å². The van der Waals surface area contributed by atoms with Crippen LogP contribution in [0.25, 0.3) is 11.0 Å². The maximum absolute atomic E-state index is 12.9. The maximum atomic E-state index is 12.9. The minimum Gasteiger partial charge on any atom is -0.497 e. The summed E-state index contributed by atoms with van der Waals surface area (Å²) < 4.78 is 12.4. The maximum Gasteiger partial charge on any atom is 0.270 e. The fourth-order valence-electron chi connectivity index (χ4n) is 3.66. The lowest BCUT2D eigenvalue weighted by atomic mass is 10.0. The third kappa shape index (κ3) is 4.11. The van der Waals surface area contributed by atoms with Gasteiger partial charge < -0.3 is 24.5 Å². The van der Waals surface area contributed by atoms with Gasteiger partial charge in [0.1, 0.15) is 17.1 Å². The van der Waals surface area contributed by atoms with Crippen molar-refractivity contribution in [2.24, 2.45) is 7.05 Å². The Bertz CT molecular complexity index is 1010. The summed E-state index contributed by atoms with van der Waals surface area (Å²) in [6, 6.07) is 11.4. The predicted molar refractivity (Wildman–Crippen MR) is 109 cm³/mol. The molecule has 0 unspecified atom stereocenters. The van der Waals surface area contributed by atoms with Crippen LogP contribution in [0.15, 0.2) is 42.6 Å². The molecule has 3 heterocycles. The van der Waals surface area contributed by atoms with Gasteiger partial charge in [0, 0.05) is 25.2 Å². The summed E-state index contributed by atoms with van der Waals surface area (Å²) in [6.07, 6.45) is 2.50. The minimum absolute atomic E-state index is 0.234. The Labute approximate surface area is 169 Å². The first-order valence-electron chi connectivity index (χ1n) is 9.69. The Balaban J connectivity index is 1.64. The van der Waals surface area contributed by atoms with E-state index in [-0.39, 0.29) is 18.6 Å². The van der Waals surface area contributed by atoms with E-state index in [4.69, 9.17) is 9.47 Å². The number of ether oxygens (including phenoxy) is 2. The molecule has 0 spiro atoms. The van der Waals surface area contributed by atoms with Gasteiger partial charge in [-0.05, 0) is 48.2 Å². The van der Waals surface area contributed by atoms with Crippen LogP contribution in [0, 0.1) is 0 Å². The van der Waals surface area contributed by atoms with Crippen molar-refractivity contribution in [2.45, 2.75) is 25.0 Å². The minimum atomic E-state index is -0.703. The number of aryl methyl sites for hydroxylation is 1. The molecule has 1 fully saturated rings. The number of pyridine rings is 1. The molecular formula is C22H25N3O4. The molecule has 0 bridgehead atoms. The number of nitrogens with zero attached hydrogens (tertiary/aromatic N) is 2. The smallest absolute Gasteiger partial charge is 0.270 e. The molecule has 2 N–H and O–H groups in total. The number of carbonyl (C=O) groups is 1. The molecule has 0 aliphatic carbocycles. The predicted octanol–water partition coefficient (Wildman–Crippen LogP) is 2.05. The number of fused-ring (bicyclic) bond motifs is 1. The number of benzene rings is 1. The van der Waals surface area contributed by atoms with Gasteiger partial charge >= 0.3 is 0 Å². The number of rotatable bonds is 5. The Morgan fingerprint density at radius 1 is 1.34 bits per heavy atom. The second-order valence-electron chi connectivity index (χ2n) is 7.37. The lowest BCUT2D eigenvalue weighted by Crippen LogP contribution is -2.48. The van der Waals surface area contributed by atoms with Gasteiger partial charge in [0.05, 0.1) is 25.9 Å².